The average molecular weight is 406 g/mol. The number of benzene rings is 1. The standard InChI is InChI=1S/C20H28ClN5O2/c1-5-25(14-19(28)24-20(2,3)4)13-18(27)23-17-10-11-22-26(17)12-15-8-6-7-9-16(15)21/h6-11H,5,12-14H2,1-4H3,(H,23,27)(H,24,28). The van der Waals surface area contributed by atoms with Crippen molar-refractivity contribution in [1.29, 1.82) is 0 Å². The summed E-state index contributed by atoms with van der Waals surface area (Å²) in [6, 6.07) is 9.25. The Bertz CT molecular complexity index is 813. The summed E-state index contributed by atoms with van der Waals surface area (Å²) < 4.78 is 1.68. The van der Waals surface area contributed by atoms with E-state index in [1.54, 1.807) is 21.8 Å². The van der Waals surface area contributed by atoms with Crippen LogP contribution in [0.1, 0.15) is 33.3 Å². The zero-order valence-corrected chi connectivity index (χ0v) is 17.6. The van der Waals surface area contributed by atoms with Gasteiger partial charge in [0.2, 0.25) is 11.8 Å². The first-order valence-corrected chi connectivity index (χ1v) is 9.64. The van der Waals surface area contributed by atoms with Gasteiger partial charge >= 0.3 is 0 Å². The van der Waals surface area contributed by atoms with Gasteiger partial charge in [0, 0.05) is 16.6 Å². The summed E-state index contributed by atoms with van der Waals surface area (Å²) in [5.41, 5.74) is 0.613. The molecule has 0 radical (unpaired) electrons. The van der Waals surface area contributed by atoms with E-state index < -0.39 is 0 Å². The number of carbonyl (C=O) groups is 2. The second-order valence-electron chi connectivity index (χ2n) is 7.62. The monoisotopic (exact) mass is 405 g/mol. The molecule has 0 aliphatic heterocycles. The van der Waals surface area contributed by atoms with Gasteiger partial charge in [-0.3, -0.25) is 14.5 Å². The maximum absolute atomic E-state index is 12.5. The second kappa shape index (κ2) is 9.71. The van der Waals surface area contributed by atoms with Gasteiger partial charge in [0.05, 0.1) is 25.8 Å². The van der Waals surface area contributed by atoms with Gasteiger partial charge in [0.1, 0.15) is 5.82 Å². The van der Waals surface area contributed by atoms with Crippen molar-refractivity contribution in [1.82, 2.24) is 20.0 Å². The van der Waals surface area contributed by atoms with Crippen LogP contribution in [0.15, 0.2) is 36.5 Å². The lowest BCUT2D eigenvalue weighted by Crippen LogP contribution is -2.47. The molecule has 1 aromatic heterocycles. The van der Waals surface area contributed by atoms with Gasteiger partial charge in [-0.1, -0.05) is 36.7 Å². The Morgan fingerprint density at radius 2 is 1.82 bits per heavy atom. The molecular weight excluding hydrogens is 378 g/mol. The molecule has 0 atom stereocenters. The van der Waals surface area contributed by atoms with Crippen LogP contribution in [-0.2, 0) is 16.1 Å². The minimum Gasteiger partial charge on any atom is -0.350 e. The van der Waals surface area contributed by atoms with E-state index in [4.69, 9.17) is 11.6 Å². The second-order valence-corrected chi connectivity index (χ2v) is 8.02. The first kappa shape index (κ1) is 21.9. The average Bonchev–Trinajstić information content (AvgIpc) is 3.01. The summed E-state index contributed by atoms with van der Waals surface area (Å²) in [5, 5.41) is 10.7. The predicted molar refractivity (Wildman–Crippen MR) is 111 cm³/mol. The molecule has 0 saturated heterocycles. The number of hydrogen-bond donors (Lipinski definition) is 2. The Labute approximate surface area is 171 Å². The normalized spacial score (nSPS) is 11.5. The molecule has 152 valence electrons. The third-order valence-corrected chi connectivity index (χ3v) is 4.33. The molecule has 0 spiro atoms. The summed E-state index contributed by atoms with van der Waals surface area (Å²) in [4.78, 5) is 26.4. The highest BCUT2D eigenvalue weighted by Gasteiger charge is 2.18. The molecule has 2 N–H and O–H groups in total. The zero-order valence-electron chi connectivity index (χ0n) is 16.8. The van der Waals surface area contributed by atoms with Crippen LogP contribution in [0.3, 0.4) is 0 Å². The molecular formula is C20H28ClN5O2. The Hall–Kier alpha value is -2.38. The van der Waals surface area contributed by atoms with Crippen molar-refractivity contribution in [3.05, 3.63) is 47.1 Å². The van der Waals surface area contributed by atoms with Crippen LogP contribution in [0.2, 0.25) is 5.02 Å². The van der Waals surface area contributed by atoms with Crippen molar-refractivity contribution in [2.45, 2.75) is 39.8 Å². The van der Waals surface area contributed by atoms with E-state index in [-0.39, 0.29) is 30.4 Å². The lowest BCUT2D eigenvalue weighted by atomic mass is 10.1. The molecule has 1 heterocycles. The van der Waals surface area contributed by atoms with Crippen LogP contribution < -0.4 is 10.6 Å². The molecule has 2 amide bonds. The van der Waals surface area contributed by atoms with E-state index in [9.17, 15) is 9.59 Å². The number of likely N-dealkylation sites (N-methyl/N-ethyl adjacent to an activating group) is 1. The van der Waals surface area contributed by atoms with Gasteiger partial charge in [-0.15, -0.1) is 0 Å². The van der Waals surface area contributed by atoms with Gasteiger partial charge in [-0.2, -0.15) is 5.10 Å². The molecule has 2 rings (SSSR count). The van der Waals surface area contributed by atoms with Crippen molar-refractivity contribution in [2.24, 2.45) is 0 Å². The van der Waals surface area contributed by atoms with E-state index in [1.165, 1.54) is 0 Å². The Morgan fingerprint density at radius 3 is 2.46 bits per heavy atom. The molecule has 0 unspecified atom stereocenters. The third kappa shape index (κ3) is 6.98. The third-order valence-electron chi connectivity index (χ3n) is 3.96. The number of anilines is 1. The number of hydrogen-bond acceptors (Lipinski definition) is 4. The first-order chi connectivity index (χ1) is 13.2. The molecule has 1 aromatic carbocycles. The molecule has 0 aliphatic rings. The summed E-state index contributed by atoms with van der Waals surface area (Å²) in [7, 11) is 0. The highest BCUT2D eigenvalue weighted by atomic mass is 35.5. The van der Waals surface area contributed by atoms with Crippen molar-refractivity contribution in [3.8, 4) is 0 Å². The van der Waals surface area contributed by atoms with E-state index in [1.807, 2.05) is 52.0 Å². The maximum atomic E-state index is 12.5. The Balaban J connectivity index is 1.95. The lowest BCUT2D eigenvalue weighted by molar-refractivity contribution is -0.124. The molecule has 0 fully saturated rings. The van der Waals surface area contributed by atoms with Crippen LogP contribution in [0.5, 0.6) is 0 Å². The maximum Gasteiger partial charge on any atom is 0.239 e. The molecule has 0 saturated carbocycles. The Morgan fingerprint density at radius 1 is 1.14 bits per heavy atom. The zero-order chi connectivity index (χ0) is 20.7. The fourth-order valence-electron chi connectivity index (χ4n) is 2.68. The number of halogens is 1. The fourth-order valence-corrected chi connectivity index (χ4v) is 2.87. The van der Waals surface area contributed by atoms with Crippen molar-refractivity contribution < 1.29 is 9.59 Å². The molecule has 7 nitrogen and oxygen atoms in total. The van der Waals surface area contributed by atoms with Crippen LogP contribution in [0.4, 0.5) is 5.82 Å². The van der Waals surface area contributed by atoms with Crippen molar-refractivity contribution in [3.63, 3.8) is 0 Å². The number of nitrogens with zero attached hydrogens (tertiary/aromatic N) is 3. The smallest absolute Gasteiger partial charge is 0.239 e. The molecule has 28 heavy (non-hydrogen) atoms. The van der Waals surface area contributed by atoms with E-state index in [2.05, 4.69) is 15.7 Å². The van der Waals surface area contributed by atoms with Crippen molar-refractivity contribution >= 4 is 29.2 Å². The van der Waals surface area contributed by atoms with E-state index in [0.29, 0.717) is 23.9 Å². The van der Waals surface area contributed by atoms with Crippen LogP contribution in [-0.4, -0.2) is 51.7 Å². The molecule has 0 bridgehead atoms. The van der Waals surface area contributed by atoms with Gasteiger partial charge in [-0.25, -0.2) is 4.68 Å². The van der Waals surface area contributed by atoms with Crippen molar-refractivity contribution in [2.75, 3.05) is 25.0 Å². The largest absolute Gasteiger partial charge is 0.350 e. The first-order valence-electron chi connectivity index (χ1n) is 9.26. The summed E-state index contributed by atoms with van der Waals surface area (Å²) in [6.07, 6.45) is 1.63. The number of nitrogens with one attached hydrogen (secondary N) is 2. The highest BCUT2D eigenvalue weighted by molar-refractivity contribution is 6.31. The van der Waals surface area contributed by atoms with Crippen LogP contribution >= 0.6 is 11.6 Å². The fraction of sp³-hybridized carbons (Fsp3) is 0.450. The quantitative estimate of drug-likeness (QED) is 0.707. The summed E-state index contributed by atoms with van der Waals surface area (Å²) in [6.45, 7) is 9.01. The highest BCUT2D eigenvalue weighted by Crippen LogP contribution is 2.18. The molecule has 8 heteroatoms. The predicted octanol–water partition coefficient (Wildman–Crippen LogP) is 2.76. The van der Waals surface area contributed by atoms with Crippen LogP contribution in [0.25, 0.3) is 0 Å². The van der Waals surface area contributed by atoms with E-state index in [0.717, 1.165) is 5.56 Å². The van der Waals surface area contributed by atoms with E-state index >= 15 is 0 Å². The Kier molecular flexibility index (Phi) is 7.60. The minimum absolute atomic E-state index is 0.106. The molecule has 2 aromatic rings. The van der Waals surface area contributed by atoms with Gasteiger partial charge in [0.25, 0.3) is 0 Å². The minimum atomic E-state index is -0.302. The van der Waals surface area contributed by atoms with Crippen LogP contribution in [0, 0.1) is 0 Å². The number of carbonyl (C=O) groups excluding carboxylic acids is 2. The summed E-state index contributed by atoms with van der Waals surface area (Å²) >= 11 is 6.21. The lowest BCUT2D eigenvalue weighted by Gasteiger charge is -2.24. The van der Waals surface area contributed by atoms with Gasteiger partial charge in [-0.05, 0) is 38.9 Å². The molecule has 0 aliphatic carbocycles. The number of rotatable bonds is 8. The SMILES string of the molecule is CCN(CC(=O)Nc1ccnn1Cc1ccccc1Cl)CC(=O)NC(C)(C)C. The van der Waals surface area contributed by atoms with Gasteiger partial charge in [0.15, 0.2) is 0 Å². The summed E-state index contributed by atoms with van der Waals surface area (Å²) in [5.74, 6) is 0.275. The number of amides is 2. The number of aromatic nitrogens is 2. The van der Waals surface area contributed by atoms with Gasteiger partial charge < -0.3 is 10.6 Å². The topological polar surface area (TPSA) is 79.3 Å².